The number of hydrogen-bond donors (Lipinski definition) is 5. The van der Waals surface area contributed by atoms with Crippen LogP contribution in [0.5, 0.6) is 11.5 Å². The Balaban J connectivity index is 1.40. The minimum atomic E-state index is -0.746. The largest absolute Gasteiger partial charge is 0.508 e. The number of nitrogen functional groups attached to an aromatic ring is 1. The lowest BCUT2D eigenvalue weighted by Gasteiger charge is -2.15. The lowest BCUT2D eigenvalue weighted by molar-refractivity contribution is 0.174. The minimum Gasteiger partial charge on any atom is -0.508 e. The molecule has 0 saturated heterocycles. The molecule has 0 amide bonds. The molecule has 0 aliphatic heterocycles. The van der Waals surface area contributed by atoms with Crippen LogP contribution in [0.4, 0.5) is 5.69 Å². The molecule has 0 bridgehead atoms. The third-order valence-corrected chi connectivity index (χ3v) is 6.41. The van der Waals surface area contributed by atoms with E-state index in [-0.39, 0.29) is 12.4 Å². The van der Waals surface area contributed by atoms with Gasteiger partial charge in [0.05, 0.1) is 19.3 Å². The second-order valence-electron chi connectivity index (χ2n) is 8.94. The molecule has 37 heavy (non-hydrogen) atoms. The molecule has 0 saturated carbocycles. The van der Waals surface area contributed by atoms with Crippen LogP contribution in [-0.4, -0.2) is 35.0 Å². The van der Waals surface area contributed by atoms with Gasteiger partial charge >= 0.3 is 0 Å². The monoisotopic (exact) mass is 498 g/mol. The minimum absolute atomic E-state index is 0.0202. The number of ether oxygens (including phenoxy) is 1. The van der Waals surface area contributed by atoms with Crippen molar-refractivity contribution in [3.63, 3.8) is 0 Å². The summed E-state index contributed by atoms with van der Waals surface area (Å²) in [6.07, 6.45) is -0.0291. The summed E-state index contributed by atoms with van der Waals surface area (Å²) in [6.45, 7) is 3.30. The topological polar surface area (TPSA) is 108 Å². The first-order chi connectivity index (χ1) is 18.0. The summed E-state index contributed by atoms with van der Waals surface area (Å²) >= 11 is 0. The van der Waals surface area contributed by atoms with Crippen LogP contribution in [0.1, 0.15) is 29.7 Å². The number of rotatable bonds is 11. The molecule has 0 heterocycles. The summed E-state index contributed by atoms with van der Waals surface area (Å²) < 4.78 is 5.87. The van der Waals surface area contributed by atoms with E-state index in [9.17, 15) is 15.3 Å². The average Bonchev–Trinajstić information content (AvgIpc) is 2.92. The van der Waals surface area contributed by atoms with Gasteiger partial charge in [-0.3, -0.25) is 0 Å². The van der Waals surface area contributed by atoms with Crippen LogP contribution in [0.2, 0.25) is 0 Å². The van der Waals surface area contributed by atoms with E-state index in [0.717, 1.165) is 45.7 Å². The summed E-state index contributed by atoms with van der Waals surface area (Å²) in [5.74, 6) is 0.877. The van der Waals surface area contributed by atoms with Crippen molar-refractivity contribution < 1.29 is 20.1 Å². The molecule has 0 fully saturated rings. The quantitative estimate of drug-likeness (QED) is 0.146. The zero-order valence-electron chi connectivity index (χ0n) is 21.0. The number of nitrogens with two attached hydrogens (primary N) is 1. The Kier molecular flexibility index (Phi) is 8.80. The van der Waals surface area contributed by atoms with Gasteiger partial charge in [-0.15, -0.1) is 0 Å². The Morgan fingerprint density at radius 3 is 2.35 bits per heavy atom. The molecule has 192 valence electrons. The van der Waals surface area contributed by atoms with Gasteiger partial charge < -0.3 is 31.1 Å². The van der Waals surface area contributed by atoms with E-state index in [2.05, 4.69) is 41.7 Å². The van der Waals surface area contributed by atoms with E-state index >= 15 is 0 Å². The van der Waals surface area contributed by atoms with E-state index in [1.165, 1.54) is 6.07 Å². The molecule has 0 radical (unpaired) electrons. The normalized spacial score (nSPS) is 11.9. The van der Waals surface area contributed by atoms with Gasteiger partial charge in [0, 0.05) is 23.4 Å². The van der Waals surface area contributed by atoms with Gasteiger partial charge in [0.2, 0.25) is 0 Å². The number of benzene rings is 4. The number of phenols is 1. The fourth-order valence-corrected chi connectivity index (χ4v) is 4.36. The molecule has 0 spiro atoms. The second kappa shape index (κ2) is 12.4. The zero-order chi connectivity index (χ0) is 26.2. The lowest BCUT2D eigenvalue weighted by atomic mass is 9.96. The molecule has 6 heteroatoms. The molecule has 4 aromatic carbocycles. The van der Waals surface area contributed by atoms with Crippen LogP contribution in [0.25, 0.3) is 22.3 Å². The Hall–Kier alpha value is -3.84. The molecule has 6 nitrogen and oxygen atoms in total. The van der Waals surface area contributed by atoms with Crippen molar-refractivity contribution in [2.75, 3.05) is 25.4 Å². The van der Waals surface area contributed by atoms with Crippen LogP contribution in [0, 0.1) is 0 Å². The van der Waals surface area contributed by atoms with Crippen LogP contribution < -0.4 is 15.8 Å². The summed E-state index contributed by atoms with van der Waals surface area (Å²) in [7, 11) is 0. The summed E-state index contributed by atoms with van der Waals surface area (Å²) in [5.41, 5.74) is 13.5. The number of anilines is 1. The van der Waals surface area contributed by atoms with E-state index in [1.54, 1.807) is 12.1 Å². The van der Waals surface area contributed by atoms with Crippen molar-refractivity contribution in [1.29, 1.82) is 0 Å². The highest BCUT2D eigenvalue weighted by molar-refractivity contribution is 5.79. The van der Waals surface area contributed by atoms with Crippen molar-refractivity contribution >= 4 is 5.69 Å². The Morgan fingerprint density at radius 1 is 0.865 bits per heavy atom. The fourth-order valence-electron chi connectivity index (χ4n) is 4.36. The predicted octanol–water partition coefficient (Wildman–Crippen LogP) is 5.07. The SMILES string of the molecule is CCOc1ccc(-c2ccc(CCNC[C@H](O)c3ccc(O)c(CO)c3)c(N)c2)cc1-c1ccccc1. The molecule has 0 unspecified atom stereocenters. The second-order valence-corrected chi connectivity index (χ2v) is 8.94. The third kappa shape index (κ3) is 6.49. The maximum atomic E-state index is 10.4. The number of aliphatic hydroxyl groups is 2. The van der Waals surface area contributed by atoms with E-state index in [0.29, 0.717) is 30.8 Å². The predicted molar refractivity (Wildman–Crippen MR) is 148 cm³/mol. The first-order valence-electron chi connectivity index (χ1n) is 12.5. The Morgan fingerprint density at radius 2 is 1.62 bits per heavy atom. The number of nitrogens with one attached hydrogen (secondary N) is 1. The molecule has 4 aromatic rings. The highest BCUT2D eigenvalue weighted by atomic mass is 16.5. The molecule has 6 N–H and O–H groups in total. The summed E-state index contributed by atoms with van der Waals surface area (Å²) in [4.78, 5) is 0. The summed E-state index contributed by atoms with van der Waals surface area (Å²) in [5, 5.41) is 32.7. The first kappa shape index (κ1) is 26.2. The highest BCUT2D eigenvalue weighted by Gasteiger charge is 2.12. The zero-order valence-corrected chi connectivity index (χ0v) is 21.0. The van der Waals surface area contributed by atoms with E-state index in [4.69, 9.17) is 10.5 Å². The van der Waals surface area contributed by atoms with Crippen LogP contribution in [0.15, 0.2) is 84.9 Å². The Bertz CT molecular complexity index is 1320. The fraction of sp³-hybridized carbons (Fsp3) is 0.226. The maximum absolute atomic E-state index is 10.4. The molecule has 1 atom stereocenters. The molecule has 0 aliphatic carbocycles. The number of aliphatic hydroxyl groups excluding tert-OH is 2. The van der Waals surface area contributed by atoms with Gasteiger partial charge in [-0.25, -0.2) is 0 Å². The first-order valence-corrected chi connectivity index (χ1v) is 12.5. The van der Waals surface area contributed by atoms with Crippen LogP contribution >= 0.6 is 0 Å². The highest BCUT2D eigenvalue weighted by Crippen LogP contribution is 2.35. The van der Waals surface area contributed by atoms with Crippen molar-refractivity contribution in [2.24, 2.45) is 0 Å². The van der Waals surface area contributed by atoms with Crippen molar-refractivity contribution in [3.8, 4) is 33.8 Å². The molecule has 0 aliphatic rings. The molecular weight excluding hydrogens is 464 g/mol. The smallest absolute Gasteiger partial charge is 0.127 e. The van der Waals surface area contributed by atoms with Crippen molar-refractivity contribution in [2.45, 2.75) is 26.1 Å². The number of hydrogen-bond acceptors (Lipinski definition) is 6. The Labute approximate surface area is 218 Å². The lowest BCUT2D eigenvalue weighted by Crippen LogP contribution is -2.24. The summed E-state index contributed by atoms with van der Waals surface area (Å²) in [6, 6.07) is 27.3. The third-order valence-electron chi connectivity index (χ3n) is 6.41. The molecular formula is C31H34N2O4. The molecule has 0 aromatic heterocycles. The van der Waals surface area contributed by atoms with Gasteiger partial charge in [-0.05, 0) is 78.0 Å². The number of aromatic hydroxyl groups is 1. The van der Waals surface area contributed by atoms with Crippen LogP contribution in [-0.2, 0) is 13.0 Å². The average molecular weight is 499 g/mol. The van der Waals surface area contributed by atoms with Gasteiger partial charge in [-0.1, -0.05) is 54.6 Å². The van der Waals surface area contributed by atoms with Gasteiger partial charge in [-0.2, -0.15) is 0 Å². The van der Waals surface area contributed by atoms with Gasteiger partial charge in [0.25, 0.3) is 0 Å². The van der Waals surface area contributed by atoms with Crippen molar-refractivity contribution in [1.82, 2.24) is 5.32 Å². The van der Waals surface area contributed by atoms with Gasteiger partial charge in [0.15, 0.2) is 0 Å². The van der Waals surface area contributed by atoms with E-state index < -0.39 is 6.10 Å². The standard InChI is InChI=1S/C31H34N2O4/c1-2-37-31-13-11-23(17-27(31)21-6-4-3-5-7-21)24-9-8-22(28(32)18-24)14-15-33-19-30(36)25-10-12-29(35)26(16-25)20-34/h3-13,16-18,30,33-36H,2,14-15,19-20,32H2,1H3/t30-/m0/s1. The van der Waals surface area contributed by atoms with E-state index in [1.807, 2.05) is 37.3 Å². The van der Waals surface area contributed by atoms with Gasteiger partial charge in [0.1, 0.15) is 11.5 Å². The molecule has 4 rings (SSSR count). The maximum Gasteiger partial charge on any atom is 0.127 e. The van der Waals surface area contributed by atoms with Crippen LogP contribution in [0.3, 0.4) is 0 Å². The van der Waals surface area contributed by atoms with Crippen molar-refractivity contribution in [3.05, 3.63) is 102 Å².